The third-order valence-corrected chi connectivity index (χ3v) is 2.20. The lowest BCUT2D eigenvalue weighted by Crippen LogP contribution is -2.16. The van der Waals surface area contributed by atoms with E-state index in [-0.39, 0.29) is 12.3 Å². The van der Waals surface area contributed by atoms with Gasteiger partial charge in [-0.1, -0.05) is 0 Å². The lowest BCUT2D eigenvalue weighted by molar-refractivity contribution is -0.137. The van der Waals surface area contributed by atoms with Crippen molar-refractivity contribution < 1.29 is 9.90 Å². The van der Waals surface area contributed by atoms with E-state index in [1.807, 2.05) is 20.2 Å². The molecule has 1 aromatic heterocycles. The van der Waals surface area contributed by atoms with Crippen LogP contribution in [0.3, 0.4) is 0 Å². The summed E-state index contributed by atoms with van der Waals surface area (Å²) in [6.07, 6.45) is 1.89. The van der Waals surface area contributed by atoms with Gasteiger partial charge >= 0.3 is 5.97 Å². The largest absolute Gasteiger partial charge is 0.481 e. The highest BCUT2D eigenvalue weighted by molar-refractivity contribution is 5.68. The van der Waals surface area contributed by atoms with Crippen LogP contribution in [0.2, 0.25) is 0 Å². The van der Waals surface area contributed by atoms with E-state index < -0.39 is 5.97 Å². The molecule has 0 fully saturated rings. The molecule has 0 spiro atoms. The number of aromatic nitrogens is 2. The van der Waals surface area contributed by atoms with Gasteiger partial charge < -0.3 is 10.8 Å². The maximum atomic E-state index is 10.6. The van der Waals surface area contributed by atoms with Gasteiger partial charge in [-0.3, -0.25) is 9.48 Å². The molecule has 0 aliphatic carbocycles. The molecule has 1 unspecified atom stereocenters. The molecule has 0 aliphatic rings. The van der Waals surface area contributed by atoms with Gasteiger partial charge in [0.05, 0.1) is 12.1 Å². The molecule has 1 aromatic rings. The minimum absolute atomic E-state index is 0.0586. The van der Waals surface area contributed by atoms with Crippen LogP contribution in [-0.2, 0) is 11.8 Å². The average molecular weight is 197 g/mol. The summed E-state index contributed by atoms with van der Waals surface area (Å²) >= 11 is 0. The summed E-state index contributed by atoms with van der Waals surface area (Å²) in [4.78, 5) is 10.6. The molecular formula is C9H15N3O2. The Kier molecular flexibility index (Phi) is 3.24. The summed E-state index contributed by atoms with van der Waals surface area (Å²) in [5.41, 5.74) is 7.31. The zero-order chi connectivity index (χ0) is 10.7. The summed E-state index contributed by atoms with van der Waals surface area (Å²) in [6, 6.07) is 0. The van der Waals surface area contributed by atoms with Gasteiger partial charge in [-0.05, 0) is 19.0 Å². The van der Waals surface area contributed by atoms with Gasteiger partial charge in [-0.2, -0.15) is 5.10 Å². The monoisotopic (exact) mass is 197 g/mol. The highest BCUT2D eigenvalue weighted by Crippen LogP contribution is 2.20. The lowest BCUT2D eigenvalue weighted by Gasteiger charge is -2.10. The van der Waals surface area contributed by atoms with E-state index in [0.717, 1.165) is 11.3 Å². The summed E-state index contributed by atoms with van der Waals surface area (Å²) in [5.74, 6) is -0.968. The van der Waals surface area contributed by atoms with Gasteiger partial charge in [-0.25, -0.2) is 0 Å². The second-order valence-corrected chi connectivity index (χ2v) is 3.37. The third-order valence-electron chi connectivity index (χ3n) is 2.20. The fourth-order valence-electron chi connectivity index (χ4n) is 1.55. The van der Waals surface area contributed by atoms with E-state index in [1.54, 1.807) is 4.68 Å². The summed E-state index contributed by atoms with van der Waals surface area (Å²) in [5, 5.41) is 12.8. The van der Waals surface area contributed by atoms with Gasteiger partial charge in [0.25, 0.3) is 0 Å². The number of hydrogen-bond donors (Lipinski definition) is 2. The Hall–Kier alpha value is -1.36. The van der Waals surface area contributed by atoms with Gasteiger partial charge in [0, 0.05) is 19.2 Å². The topological polar surface area (TPSA) is 81.1 Å². The number of aryl methyl sites for hydroxylation is 2. The first-order valence-electron chi connectivity index (χ1n) is 4.46. The van der Waals surface area contributed by atoms with Crippen molar-refractivity contribution in [3.63, 3.8) is 0 Å². The van der Waals surface area contributed by atoms with E-state index in [9.17, 15) is 4.79 Å². The molecule has 5 nitrogen and oxygen atoms in total. The van der Waals surface area contributed by atoms with E-state index in [4.69, 9.17) is 10.8 Å². The number of nitrogens with two attached hydrogens (primary N) is 1. The van der Waals surface area contributed by atoms with Crippen molar-refractivity contribution in [2.45, 2.75) is 19.3 Å². The number of nitrogens with zero attached hydrogens (tertiary/aromatic N) is 2. The van der Waals surface area contributed by atoms with Crippen LogP contribution in [0.5, 0.6) is 0 Å². The van der Waals surface area contributed by atoms with Gasteiger partial charge in [-0.15, -0.1) is 0 Å². The molecule has 0 aliphatic heterocycles. The SMILES string of the molecule is Cc1nn(C)cc1C(CN)CC(=O)O. The van der Waals surface area contributed by atoms with Crippen molar-refractivity contribution in [1.29, 1.82) is 0 Å². The van der Waals surface area contributed by atoms with Gasteiger partial charge in [0.2, 0.25) is 0 Å². The second kappa shape index (κ2) is 4.23. The number of carboxylic acid groups (broad SMARTS) is 1. The van der Waals surface area contributed by atoms with Crippen molar-refractivity contribution in [3.8, 4) is 0 Å². The van der Waals surface area contributed by atoms with Crippen molar-refractivity contribution in [1.82, 2.24) is 9.78 Å². The molecule has 0 saturated carbocycles. The van der Waals surface area contributed by atoms with Gasteiger partial charge in [0.15, 0.2) is 0 Å². The molecule has 0 amide bonds. The van der Waals surface area contributed by atoms with Crippen molar-refractivity contribution in [2.75, 3.05) is 6.54 Å². The van der Waals surface area contributed by atoms with Crippen LogP contribution < -0.4 is 5.73 Å². The van der Waals surface area contributed by atoms with E-state index in [2.05, 4.69) is 5.10 Å². The lowest BCUT2D eigenvalue weighted by atomic mass is 9.97. The first kappa shape index (κ1) is 10.7. The van der Waals surface area contributed by atoms with Crippen LogP contribution in [0.25, 0.3) is 0 Å². The molecule has 0 radical (unpaired) electrons. The fourth-order valence-corrected chi connectivity index (χ4v) is 1.55. The minimum Gasteiger partial charge on any atom is -0.481 e. The Balaban J connectivity index is 2.88. The zero-order valence-corrected chi connectivity index (χ0v) is 8.40. The molecule has 0 saturated heterocycles. The Labute approximate surface area is 82.5 Å². The fraction of sp³-hybridized carbons (Fsp3) is 0.556. The Bertz CT molecular complexity index is 333. The highest BCUT2D eigenvalue weighted by atomic mass is 16.4. The van der Waals surface area contributed by atoms with E-state index >= 15 is 0 Å². The normalized spacial score (nSPS) is 12.8. The van der Waals surface area contributed by atoms with Crippen LogP contribution in [0, 0.1) is 6.92 Å². The number of aliphatic carboxylic acids is 1. The number of hydrogen-bond acceptors (Lipinski definition) is 3. The Morgan fingerprint density at radius 2 is 2.43 bits per heavy atom. The zero-order valence-electron chi connectivity index (χ0n) is 8.40. The number of rotatable bonds is 4. The average Bonchev–Trinajstić information content (AvgIpc) is 2.41. The molecule has 0 aromatic carbocycles. The minimum atomic E-state index is -0.830. The number of carbonyl (C=O) groups is 1. The summed E-state index contributed by atoms with van der Waals surface area (Å²) in [7, 11) is 1.81. The first-order chi connectivity index (χ1) is 6.54. The predicted octanol–water partition coefficient (Wildman–Crippen LogP) is 0.246. The Morgan fingerprint density at radius 1 is 1.79 bits per heavy atom. The predicted molar refractivity (Wildman–Crippen MR) is 52.0 cm³/mol. The Morgan fingerprint density at radius 3 is 2.79 bits per heavy atom. The van der Waals surface area contributed by atoms with Crippen molar-refractivity contribution >= 4 is 5.97 Å². The van der Waals surface area contributed by atoms with Crippen molar-refractivity contribution in [2.24, 2.45) is 12.8 Å². The third kappa shape index (κ3) is 2.32. The van der Waals surface area contributed by atoms with Crippen LogP contribution in [0.15, 0.2) is 6.20 Å². The molecular weight excluding hydrogens is 182 g/mol. The van der Waals surface area contributed by atoms with Crippen LogP contribution in [0.1, 0.15) is 23.6 Å². The first-order valence-corrected chi connectivity index (χ1v) is 4.46. The molecule has 5 heteroatoms. The maximum absolute atomic E-state index is 10.6. The van der Waals surface area contributed by atoms with Crippen LogP contribution >= 0.6 is 0 Å². The quantitative estimate of drug-likeness (QED) is 0.724. The molecule has 14 heavy (non-hydrogen) atoms. The standard InChI is InChI=1S/C9H15N3O2/c1-6-8(5-12(2)11-6)7(4-10)3-9(13)14/h5,7H,3-4,10H2,1-2H3,(H,13,14). The molecule has 0 bridgehead atoms. The maximum Gasteiger partial charge on any atom is 0.304 e. The second-order valence-electron chi connectivity index (χ2n) is 3.37. The smallest absolute Gasteiger partial charge is 0.304 e. The van der Waals surface area contributed by atoms with Crippen molar-refractivity contribution in [3.05, 3.63) is 17.5 Å². The molecule has 1 heterocycles. The molecule has 3 N–H and O–H groups in total. The summed E-state index contributed by atoms with van der Waals surface area (Å²) in [6.45, 7) is 2.19. The van der Waals surface area contributed by atoms with Gasteiger partial charge in [0.1, 0.15) is 0 Å². The summed E-state index contributed by atoms with van der Waals surface area (Å²) < 4.78 is 1.68. The van der Waals surface area contributed by atoms with Crippen LogP contribution in [-0.4, -0.2) is 27.4 Å². The van der Waals surface area contributed by atoms with Crippen LogP contribution in [0.4, 0.5) is 0 Å². The van der Waals surface area contributed by atoms with E-state index in [1.165, 1.54) is 0 Å². The molecule has 1 rings (SSSR count). The highest BCUT2D eigenvalue weighted by Gasteiger charge is 2.17. The molecule has 78 valence electrons. The van der Waals surface area contributed by atoms with E-state index in [0.29, 0.717) is 6.54 Å². The number of carboxylic acids is 1. The molecule has 1 atom stereocenters.